The summed E-state index contributed by atoms with van der Waals surface area (Å²) in [5.41, 5.74) is 0. The molecule has 0 bridgehead atoms. The molecule has 2 unspecified atom stereocenters. The number of hydrogen-bond donors (Lipinski definition) is 0. The van der Waals surface area contributed by atoms with Gasteiger partial charge >= 0.3 is 11.9 Å². The van der Waals surface area contributed by atoms with Gasteiger partial charge in [0.25, 0.3) is 7.82 Å². The van der Waals surface area contributed by atoms with Crippen LogP contribution in [0, 0.1) is 0 Å². The SMILES string of the molecule is CCCCCC/C=C\CCCCCCCC(=O)OC(COC(=O)CCCCCCCCCCC)COP(=O)([O-])OCC[N+](C)(C)C. The molecule has 10 heteroatoms. The zero-order chi connectivity index (χ0) is 34.4. The minimum Gasteiger partial charge on any atom is -0.756 e. The normalized spacial score (nSPS) is 14.0. The van der Waals surface area contributed by atoms with E-state index < -0.39 is 26.5 Å². The van der Waals surface area contributed by atoms with Gasteiger partial charge in [0.1, 0.15) is 19.8 Å². The zero-order valence-electron chi connectivity index (χ0n) is 30.3. The van der Waals surface area contributed by atoms with E-state index in [0.29, 0.717) is 17.4 Å². The number of nitrogens with zero attached hydrogens (tertiary/aromatic N) is 1. The summed E-state index contributed by atoms with van der Waals surface area (Å²) in [7, 11) is 1.16. The number of esters is 2. The van der Waals surface area contributed by atoms with Crippen molar-refractivity contribution in [3.05, 3.63) is 12.2 Å². The first-order chi connectivity index (χ1) is 22.0. The highest BCUT2D eigenvalue weighted by atomic mass is 31.2. The molecule has 0 aliphatic carbocycles. The number of ether oxygens (including phenoxy) is 2. The van der Waals surface area contributed by atoms with E-state index in [1.165, 1.54) is 70.6 Å². The Bertz CT molecular complexity index is 814. The molecule has 2 atom stereocenters. The summed E-state index contributed by atoms with van der Waals surface area (Å²) in [4.78, 5) is 37.2. The summed E-state index contributed by atoms with van der Waals surface area (Å²) in [6.45, 7) is 4.16. The number of carbonyl (C=O) groups excluding carboxylic acids is 2. The molecule has 0 saturated carbocycles. The average molecular weight is 676 g/mol. The van der Waals surface area contributed by atoms with Gasteiger partial charge in [0.05, 0.1) is 27.7 Å². The van der Waals surface area contributed by atoms with Gasteiger partial charge in [-0.05, 0) is 38.5 Å². The molecule has 0 rings (SSSR count). The van der Waals surface area contributed by atoms with E-state index in [9.17, 15) is 19.0 Å². The van der Waals surface area contributed by atoms with Crippen LogP contribution in [-0.2, 0) is 32.7 Å². The maximum absolute atomic E-state index is 12.6. The third-order valence-electron chi connectivity index (χ3n) is 7.79. The van der Waals surface area contributed by atoms with Crippen LogP contribution in [0.15, 0.2) is 12.2 Å². The molecular formula is C36H70NO8P. The van der Waals surface area contributed by atoms with Gasteiger partial charge in [-0.3, -0.25) is 14.2 Å². The summed E-state index contributed by atoms with van der Waals surface area (Å²) < 4.78 is 33.6. The van der Waals surface area contributed by atoms with Crippen LogP contribution in [0.25, 0.3) is 0 Å². The average Bonchev–Trinajstić information content (AvgIpc) is 2.99. The second-order valence-electron chi connectivity index (χ2n) is 13.6. The van der Waals surface area contributed by atoms with Gasteiger partial charge in [-0.2, -0.15) is 0 Å². The number of unbranched alkanes of at least 4 members (excludes halogenated alkanes) is 17. The summed E-state index contributed by atoms with van der Waals surface area (Å²) in [5.74, 6) is -0.846. The van der Waals surface area contributed by atoms with Gasteiger partial charge in [0.2, 0.25) is 0 Å². The van der Waals surface area contributed by atoms with Crippen LogP contribution in [0.5, 0.6) is 0 Å². The molecule has 0 fully saturated rings. The molecule has 0 aromatic heterocycles. The van der Waals surface area contributed by atoms with Crippen molar-refractivity contribution in [2.75, 3.05) is 47.5 Å². The lowest BCUT2D eigenvalue weighted by Crippen LogP contribution is -2.37. The molecule has 0 heterocycles. The van der Waals surface area contributed by atoms with Crippen LogP contribution >= 0.6 is 7.82 Å². The number of allylic oxidation sites excluding steroid dienone is 2. The number of quaternary nitrogens is 1. The van der Waals surface area contributed by atoms with Crippen LogP contribution in [-0.4, -0.2) is 70.0 Å². The standard InChI is InChI=1S/C36H70NO8P/c1-6-8-10-12-14-16-17-18-19-21-23-25-27-29-36(39)45-34(33-44-46(40,41)43-31-30-37(3,4)5)32-42-35(38)28-26-24-22-20-15-13-11-9-7-2/h16-17,34H,6-15,18-33H2,1-5H3/b17-16-. The van der Waals surface area contributed by atoms with Crippen molar-refractivity contribution in [3.8, 4) is 0 Å². The van der Waals surface area contributed by atoms with E-state index in [-0.39, 0.29) is 32.0 Å². The van der Waals surface area contributed by atoms with Gasteiger partial charge < -0.3 is 27.9 Å². The Balaban J connectivity index is 4.47. The number of carbonyl (C=O) groups is 2. The number of phosphoric ester groups is 1. The molecule has 0 aromatic rings. The van der Waals surface area contributed by atoms with Gasteiger partial charge in [-0.25, -0.2) is 0 Å². The van der Waals surface area contributed by atoms with Crippen molar-refractivity contribution in [3.63, 3.8) is 0 Å². The van der Waals surface area contributed by atoms with Crippen molar-refractivity contribution in [2.24, 2.45) is 0 Å². The van der Waals surface area contributed by atoms with Crippen LogP contribution < -0.4 is 4.89 Å². The van der Waals surface area contributed by atoms with Gasteiger partial charge in [0, 0.05) is 12.8 Å². The number of rotatable bonds is 33. The Morgan fingerprint density at radius 1 is 0.652 bits per heavy atom. The fourth-order valence-electron chi connectivity index (χ4n) is 4.82. The smallest absolute Gasteiger partial charge is 0.306 e. The van der Waals surface area contributed by atoms with Crippen molar-refractivity contribution in [1.29, 1.82) is 0 Å². The van der Waals surface area contributed by atoms with E-state index in [4.69, 9.17) is 18.5 Å². The van der Waals surface area contributed by atoms with E-state index in [1.54, 1.807) is 0 Å². The summed E-state index contributed by atoms with van der Waals surface area (Å²) in [6, 6.07) is 0. The molecule has 0 aliphatic rings. The van der Waals surface area contributed by atoms with Crippen LogP contribution in [0.4, 0.5) is 0 Å². The third kappa shape index (κ3) is 32.7. The molecule has 0 spiro atoms. The molecule has 9 nitrogen and oxygen atoms in total. The Morgan fingerprint density at radius 2 is 1.11 bits per heavy atom. The fraction of sp³-hybridized carbons (Fsp3) is 0.889. The molecule has 0 aromatic carbocycles. The summed E-state index contributed by atoms with van der Waals surface area (Å²) in [5, 5.41) is 0. The Labute approximate surface area is 282 Å². The lowest BCUT2D eigenvalue weighted by Gasteiger charge is -2.28. The maximum Gasteiger partial charge on any atom is 0.306 e. The largest absolute Gasteiger partial charge is 0.756 e. The van der Waals surface area contributed by atoms with E-state index in [2.05, 4.69) is 26.0 Å². The van der Waals surface area contributed by atoms with E-state index in [1.807, 2.05) is 21.1 Å². The highest BCUT2D eigenvalue weighted by Crippen LogP contribution is 2.38. The summed E-state index contributed by atoms with van der Waals surface area (Å²) in [6.07, 6.45) is 26.7. The van der Waals surface area contributed by atoms with Crippen molar-refractivity contribution in [1.82, 2.24) is 0 Å². The minimum atomic E-state index is -4.61. The molecule has 0 aliphatic heterocycles. The van der Waals surface area contributed by atoms with Crippen molar-refractivity contribution in [2.45, 2.75) is 161 Å². The highest BCUT2D eigenvalue weighted by Gasteiger charge is 2.21. The lowest BCUT2D eigenvalue weighted by atomic mass is 10.1. The third-order valence-corrected chi connectivity index (χ3v) is 8.75. The molecule has 0 radical (unpaired) electrons. The van der Waals surface area contributed by atoms with Crippen LogP contribution in [0.1, 0.15) is 155 Å². The first kappa shape index (κ1) is 44.8. The lowest BCUT2D eigenvalue weighted by molar-refractivity contribution is -0.870. The zero-order valence-corrected chi connectivity index (χ0v) is 31.2. The maximum atomic E-state index is 12.6. The fourth-order valence-corrected chi connectivity index (χ4v) is 5.55. The molecule has 0 amide bonds. The Morgan fingerprint density at radius 3 is 1.63 bits per heavy atom. The van der Waals surface area contributed by atoms with Crippen molar-refractivity contribution < 1.29 is 42.1 Å². The predicted molar refractivity (Wildman–Crippen MR) is 185 cm³/mol. The first-order valence-electron chi connectivity index (χ1n) is 18.4. The van der Waals surface area contributed by atoms with E-state index >= 15 is 0 Å². The molecule has 0 saturated heterocycles. The second kappa shape index (κ2) is 29.9. The van der Waals surface area contributed by atoms with Crippen LogP contribution in [0.2, 0.25) is 0 Å². The molecular weight excluding hydrogens is 605 g/mol. The topological polar surface area (TPSA) is 111 Å². The predicted octanol–water partition coefficient (Wildman–Crippen LogP) is 8.83. The number of hydrogen-bond acceptors (Lipinski definition) is 8. The molecule has 0 N–H and O–H groups in total. The quantitative estimate of drug-likeness (QED) is 0.0223. The first-order valence-corrected chi connectivity index (χ1v) is 19.9. The van der Waals surface area contributed by atoms with Gasteiger partial charge in [-0.15, -0.1) is 0 Å². The number of likely N-dealkylation sites (N-methyl/N-ethyl adjacent to an activating group) is 1. The summed E-state index contributed by atoms with van der Waals surface area (Å²) >= 11 is 0. The van der Waals surface area contributed by atoms with Crippen molar-refractivity contribution >= 4 is 19.8 Å². The highest BCUT2D eigenvalue weighted by molar-refractivity contribution is 7.45. The van der Waals surface area contributed by atoms with Crippen LogP contribution in [0.3, 0.4) is 0 Å². The van der Waals surface area contributed by atoms with Gasteiger partial charge in [-0.1, -0.05) is 116 Å². The van der Waals surface area contributed by atoms with E-state index in [0.717, 1.165) is 51.4 Å². The Kier molecular flexibility index (Phi) is 29.0. The number of phosphoric acid groups is 1. The Hall–Kier alpha value is -1.25. The minimum absolute atomic E-state index is 0.0300. The second-order valence-corrected chi connectivity index (χ2v) is 15.0. The van der Waals surface area contributed by atoms with Gasteiger partial charge in [0.15, 0.2) is 6.10 Å². The monoisotopic (exact) mass is 675 g/mol. The molecule has 46 heavy (non-hydrogen) atoms. The molecule has 272 valence electrons.